The van der Waals surface area contributed by atoms with E-state index in [1.165, 1.54) is 0 Å². The van der Waals surface area contributed by atoms with Crippen LogP contribution < -0.4 is 5.32 Å². The molecule has 1 atom stereocenters. The maximum absolute atomic E-state index is 12.3. The second-order valence-corrected chi connectivity index (χ2v) is 4.37. The van der Waals surface area contributed by atoms with E-state index in [2.05, 4.69) is 10.3 Å². The summed E-state index contributed by atoms with van der Waals surface area (Å²) in [6.07, 6.45) is 4.04. The molecule has 1 aliphatic heterocycles. The molecule has 96 valence electrons. The van der Waals surface area contributed by atoms with Gasteiger partial charge in [-0.05, 0) is 32.9 Å². The van der Waals surface area contributed by atoms with Gasteiger partial charge in [0.25, 0.3) is 5.91 Å². The van der Waals surface area contributed by atoms with Crippen molar-refractivity contribution in [1.29, 1.82) is 0 Å². The van der Waals surface area contributed by atoms with E-state index in [-0.39, 0.29) is 18.3 Å². The summed E-state index contributed by atoms with van der Waals surface area (Å²) < 4.78 is 0. The van der Waals surface area contributed by atoms with E-state index < -0.39 is 0 Å². The number of carbonyl (C=O) groups excluding carboxylic acids is 1. The van der Waals surface area contributed by atoms with Gasteiger partial charge in [-0.15, -0.1) is 12.4 Å². The molecule has 2 heterocycles. The fraction of sp³-hybridized carbons (Fsp3) is 0.583. The highest BCUT2D eigenvalue weighted by molar-refractivity contribution is 5.95. The van der Waals surface area contributed by atoms with Crippen molar-refractivity contribution in [2.24, 2.45) is 0 Å². The molecule has 2 rings (SSSR count). The van der Waals surface area contributed by atoms with Crippen LogP contribution in [0.1, 0.15) is 28.9 Å². The SMILES string of the molecule is CNCC1CCCN1C(=O)c1cc[nH]c1C.Cl. The first-order chi connectivity index (χ1) is 7.74. The Bertz CT molecular complexity index is 378. The minimum absolute atomic E-state index is 0. The highest BCUT2D eigenvalue weighted by Gasteiger charge is 2.29. The van der Waals surface area contributed by atoms with Crippen LogP contribution in [0.25, 0.3) is 0 Å². The van der Waals surface area contributed by atoms with Crippen molar-refractivity contribution in [1.82, 2.24) is 15.2 Å². The molecule has 17 heavy (non-hydrogen) atoms. The third kappa shape index (κ3) is 2.82. The van der Waals surface area contributed by atoms with Crippen molar-refractivity contribution in [3.63, 3.8) is 0 Å². The second kappa shape index (κ2) is 6.07. The molecular formula is C12H20ClN3O. The molecular weight excluding hydrogens is 238 g/mol. The van der Waals surface area contributed by atoms with Gasteiger partial charge in [-0.1, -0.05) is 0 Å². The number of carbonyl (C=O) groups is 1. The molecule has 0 saturated carbocycles. The number of rotatable bonds is 3. The molecule has 0 spiro atoms. The van der Waals surface area contributed by atoms with Gasteiger partial charge >= 0.3 is 0 Å². The Hall–Kier alpha value is -1.00. The van der Waals surface area contributed by atoms with Crippen LogP contribution in [0.15, 0.2) is 12.3 Å². The third-order valence-corrected chi connectivity index (χ3v) is 3.26. The number of halogens is 1. The molecule has 0 aromatic carbocycles. The van der Waals surface area contributed by atoms with E-state index in [0.29, 0.717) is 6.04 Å². The van der Waals surface area contributed by atoms with E-state index >= 15 is 0 Å². The van der Waals surface area contributed by atoms with Gasteiger partial charge in [-0.2, -0.15) is 0 Å². The van der Waals surface area contributed by atoms with E-state index in [9.17, 15) is 4.79 Å². The van der Waals surface area contributed by atoms with Crippen molar-refractivity contribution in [3.8, 4) is 0 Å². The summed E-state index contributed by atoms with van der Waals surface area (Å²) >= 11 is 0. The lowest BCUT2D eigenvalue weighted by molar-refractivity contribution is 0.0736. The van der Waals surface area contributed by atoms with E-state index in [0.717, 1.165) is 37.2 Å². The number of H-pyrrole nitrogens is 1. The Balaban J connectivity index is 0.00000144. The van der Waals surface area contributed by atoms with Crippen LogP contribution in [0.3, 0.4) is 0 Å². The largest absolute Gasteiger partial charge is 0.365 e. The number of likely N-dealkylation sites (tertiary alicyclic amines) is 1. The lowest BCUT2D eigenvalue weighted by Gasteiger charge is -2.24. The molecule has 0 radical (unpaired) electrons. The quantitative estimate of drug-likeness (QED) is 0.864. The van der Waals surface area contributed by atoms with Crippen molar-refractivity contribution in [3.05, 3.63) is 23.5 Å². The van der Waals surface area contributed by atoms with Crippen molar-refractivity contribution < 1.29 is 4.79 Å². The fourth-order valence-electron chi connectivity index (χ4n) is 2.39. The summed E-state index contributed by atoms with van der Waals surface area (Å²) in [5.74, 6) is 0.163. The van der Waals surface area contributed by atoms with Gasteiger partial charge in [0.2, 0.25) is 0 Å². The third-order valence-electron chi connectivity index (χ3n) is 3.26. The molecule has 0 aliphatic carbocycles. The first-order valence-electron chi connectivity index (χ1n) is 5.83. The topological polar surface area (TPSA) is 48.1 Å². The number of nitrogens with zero attached hydrogens (tertiary/aromatic N) is 1. The number of nitrogens with one attached hydrogen (secondary N) is 2. The Morgan fingerprint density at radius 2 is 2.41 bits per heavy atom. The summed E-state index contributed by atoms with van der Waals surface area (Å²) in [4.78, 5) is 17.3. The molecule has 1 amide bonds. The number of aryl methyl sites for hydroxylation is 1. The van der Waals surface area contributed by atoms with Gasteiger partial charge in [0, 0.05) is 31.0 Å². The zero-order chi connectivity index (χ0) is 11.5. The number of likely N-dealkylation sites (N-methyl/N-ethyl adjacent to an activating group) is 1. The lowest BCUT2D eigenvalue weighted by atomic mass is 10.2. The predicted molar refractivity (Wildman–Crippen MR) is 70.8 cm³/mol. The van der Waals surface area contributed by atoms with Gasteiger partial charge in [-0.25, -0.2) is 0 Å². The smallest absolute Gasteiger partial charge is 0.255 e. The maximum Gasteiger partial charge on any atom is 0.255 e. The molecule has 4 nitrogen and oxygen atoms in total. The van der Waals surface area contributed by atoms with Gasteiger partial charge < -0.3 is 15.2 Å². The Kier molecular flexibility index (Phi) is 5.02. The lowest BCUT2D eigenvalue weighted by Crippen LogP contribution is -2.40. The maximum atomic E-state index is 12.3. The average Bonchev–Trinajstić information content (AvgIpc) is 2.87. The molecule has 5 heteroatoms. The summed E-state index contributed by atoms with van der Waals surface area (Å²) in [7, 11) is 1.93. The van der Waals surface area contributed by atoms with E-state index in [4.69, 9.17) is 0 Å². The van der Waals surface area contributed by atoms with Crippen molar-refractivity contribution in [2.75, 3.05) is 20.1 Å². The molecule has 1 aromatic rings. The normalized spacial score (nSPS) is 19.2. The van der Waals surface area contributed by atoms with Crippen molar-refractivity contribution in [2.45, 2.75) is 25.8 Å². The Labute approximate surface area is 108 Å². The van der Waals surface area contributed by atoms with Gasteiger partial charge in [0.1, 0.15) is 0 Å². The molecule has 1 fully saturated rings. The molecule has 1 aromatic heterocycles. The Morgan fingerprint density at radius 3 is 3.00 bits per heavy atom. The minimum Gasteiger partial charge on any atom is -0.365 e. The van der Waals surface area contributed by atoms with Crippen LogP contribution in [-0.2, 0) is 0 Å². The average molecular weight is 258 g/mol. The van der Waals surface area contributed by atoms with E-state index in [1.54, 1.807) is 0 Å². The van der Waals surface area contributed by atoms with Crippen molar-refractivity contribution >= 4 is 18.3 Å². The number of amides is 1. The van der Waals surface area contributed by atoms with Crippen LogP contribution in [0.5, 0.6) is 0 Å². The zero-order valence-corrected chi connectivity index (χ0v) is 11.1. The molecule has 1 aliphatic rings. The van der Waals surface area contributed by atoms with Gasteiger partial charge in [0.15, 0.2) is 0 Å². The number of aromatic nitrogens is 1. The predicted octanol–water partition coefficient (Wildman–Crippen LogP) is 1.57. The number of hydrogen-bond acceptors (Lipinski definition) is 2. The number of hydrogen-bond donors (Lipinski definition) is 2. The zero-order valence-electron chi connectivity index (χ0n) is 10.3. The minimum atomic E-state index is 0. The number of aromatic amines is 1. The highest BCUT2D eigenvalue weighted by Crippen LogP contribution is 2.20. The van der Waals surface area contributed by atoms with E-state index in [1.807, 2.05) is 31.1 Å². The van der Waals surface area contributed by atoms with Gasteiger partial charge in [-0.3, -0.25) is 4.79 Å². The molecule has 0 bridgehead atoms. The van der Waals surface area contributed by atoms with Crippen LogP contribution in [0, 0.1) is 6.92 Å². The summed E-state index contributed by atoms with van der Waals surface area (Å²) in [5.41, 5.74) is 1.77. The van der Waals surface area contributed by atoms with Crippen LogP contribution >= 0.6 is 12.4 Å². The molecule has 2 N–H and O–H groups in total. The summed E-state index contributed by atoms with van der Waals surface area (Å²) in [6.45, 7) is 3.71. The second-order valence-electron chi connectivity index (χ2n) is 4.37. The molecule has 1 unspecified atom stereocenters. The summed E-state index contributed by atoms with van der Waals surface area (Å²) in [5, 5.41) is 3.15. The fourth-order valence-corrected chi connectivity index (χ4v) is 2.39. The van der Waals surface area contributed by atoms with Crippen LogP contribution in [-0.4, -0.2) is 42.0 Å². The first-order valence-corrected chi connectivity index (χ1v) is 5.83. The first kappa shape index (κ1) is 14.1. The standard InChI is InChI=1S/C12H19N3O.ClH/c1-9-11(5-6-14-9)12(16)15-7-3-4-10(15)8-13-2;/h5-6,10,13-14H,3-4,7-8H2,1-2H3;1H. The van der Waals surface area contributed by atoms with Crippen LogP contribution in [0.2, 0.25) is 0 Å². The van der Waals surface area contributed by atoms with Gasteiger partial charge in [0.05, 0.1) is 5.56 Å². The monoisotopic (exact) mass is 257 g/mol. The summed E-state index contributed by atoms with van der Waals surface area (Å²) in [6, 6.07) is 2.22. The van der Waals surface area contributed by atoms with Crippen LogP contribution in [0.4, 0.5) is 0 Å². The highest BCUT2D eigenvalue weighted by atomic mass is 35.5. The Morgan fingerprint density at radius 1 is 1.65 bits per heavy atom. The molecule has 1 saturated heterocycles.